The summed E-state index contributed by atoms with van der Waals surface area (Å²) >= 11 is 6.18. The van der Waals surface area contributed by atoms with Gasteiger partial charge in [0.15, 0.2) is 0 Å². The molecule has 116 valence electrons. The van der Waals surface area contributed by atoms with Crippen molar-refractivity contribution in [2.75, 3.05) is 13.2 Å². The van der Waals surface area contributed by atoms with E-state index in [-0.39, 0.29) is 0 Å². The monoisotopic (exact) mass is 309 g/mol. The molecule has 0 unspecified atom stereocenters. The number of halogens is 1. The van der Waals surface area contributed by atoms with Crippen LogP contribution in [0.1, 0.15) is 43.7 Å². The number of hydrogen-bond acceptors (Lipinski definition) is 3. The van der Waals surface area contributed by atoms with E-state index in [1.807, 2.05) is 12.1 Å². The molecule has 0 atom stereocenters. The van der Waals surface area contributed by atoms with Crippen LogP contribution in [0.2, 0.25) is 5.02 Å². The maximum atomic E-state index is 6.18. The first kappa shape index (κ1) is 15.1. The summed E-state index contributed by atoms with van der Waals surface area (Å²) in [7, 11) is 0. The van der Waals surface area contributed by atoms with E-state index in [1.54, 1.807) is 0 Å². The van der Waals surface area contributed by atoms with Crippen LogP contribution in [0.25, 0.3) is 0 Å². The van der Waals surface area contributed by atoms with E-state index in [1.165, 1.54) is 18.4 Å². The van der Waals surface area contributed by atoms with E-state index >= 15 is 0 Å². The quantitative estimate of drug-likeness (QED) is 0.899. The molecule has 4 heteroatoms. The van der Waals surface area contributed by atoms with Gasteiger partial charge in [0.2, 0.25) is 0 Å². The molecule has 0 spiro atoms. The molecule has 1 heterocycles. The van der Waals surface area contributed by atoms with Crippen LogP contribution >= 0.6 is 11.6 Å². The molecule has 0 radical (unpaired) electrons. The second-order valence-electron chi connectivity index (χ2n) is 5.99. The molecule has 1 N–H and O–H groups in total. The van der Waals surface area contributed by atoms with Crippen LogP contribution in [-0.4, -0.2) is 25.3 Å². The highest BCUT2D eigenvalue weighted by Gasteiger charge is 2.22. The Morgan fingerprint density at radius 1 is 1.29 bits per heavy atom. The van der Waals surface area contributed by atoms with Crippen molar-refractivity contribution in [3.63, 3.8) is 0 Å². The average molecular weight is 310 g/mol. The normalized spacial score (nSPS) is 24.7. The third-order valence-electron chi connectivity index (χ3n) is 4.47. The molecule has 0 saturated heterocycles. The zero-order chi connectivity index (χ0) is 14.7. The minimum atomic E-state index is 0.371. The van der Waals surface area contributed by atoms with Crippen LogP contribution < -0.4 is 10.1 Å². The molecule has 1 aromatic carbocycles. The number of hydrogen-bond donors (Lipinski definition) is 1. The Hall–Kier alpha value is -0.770. The van der Waals surface area contributed by atoms with Crippen molar-refractivity contribution < 1.29 is 9.47 Å². The summed E-state index contributed by atoms with van der Waals surface area (Å²) in [5.41, 5.74) is 2.32. The summed E-state index contributed by atoms with van der Waals surface area (Å²) in [6.45, 7) is 4.60. The third-order valence-corrected chi connectivity index (χ3v) is 4.69. The Morgan fingerprint density at radius 3 is 2.86 bits per heavy atom. The van der Waals surface area contributed by atoms with Crippen molar-refractivity contribution in [2.45, 2.75) is 57.8 Å². The SMILES string of the molecule is CCNC1CCC(OCc2cc(Cl)cc3c2OCC3)CC1. The summed E-state index contributed by atoms with van der Waals surface area (Å²) in [5, 5.41) is 4.31. The number of ether oxygens (including phenoxy) is 2. The molecule has 0 aromatic heterocycles. The zero-order valence-corrected chi connectivity index (χ0v) is 13.4. The van der Waals surface area contributed by atoms with Crippen molar-refractivity contribution in [3.8, 4) is 5.75 Å². The van der Waals surface area contributed by atoms with Crippen LogP contribution in [0.4, 0.5) is 0 Å². The summed E-state index contributed by atoms with van der Waals surface area (Å²) in [6, 6.07) is 4.67. The number of nitrogens with one attached hydrogen (secondary N) is 1. The van der Waals surface area contributed by atoms with Gasteiger partial charge in [0.25, 0.3) is 0 Å². The van der Waals surface area contributed by atoms with E-state index in [0.717, 1.165) is 48.7 Å². The Labute approximate surface area is 132 Å². The molecule has 0 bridgehead atoms. The minimum absolute atomic E-state index is 0.371. The highest BCUT2D eigenvalue weighted by Crippen LogP contribution is 2.34. The molecular formula is C17H24ClNO2. The van der Waals surface area contributed by atoms with Crippen LogP contribution in [-0.2, 0) is 17.8 Å². The van der Waals surface area contributed by atoms with E-state index in [2.05, 4.69) is 12.2 Å². The van der Waals surface area contributed by atoms with Gasteiger partial charge >= 0.3 is 0 Å². The predicted octanol–water partition coefficient (Wildman–Crippen LogP) is 3.71. The molecule has 1 aliphatic carbocycles. The van der Waals surface area contributed by atoms with Gasteiger partial charge in [-0.2, -0.15) is 0 Å². The van der Waals surface area contributed by atoms with Crippen LogP contribution in [0.3, 0.4) is 0 Å². The smallest absolute Gasteiger partial charge is 0.128 e. The lowest BCUT2D eigenvalue weighted by Gasteiger charge is -2.29. The molecular weight excluding hydrogens is 286 g/mol. The first-order chi connectivity index (χ1) is 10.3. The molecule has 1 aromatic rings. The van der Waals surface area contributed by atoms with Gasteiger partial charge in [-0.3, -0.25) is 0 Å². The van der Waals surface area contributed by atoms with Crippen molar-refractivity contribution >= 4 is 11.6 Å². The fourth-order valence-electron chi connectivity index (χ4n) is 3.38. The molecule has 1 saturated carbocycles. The van der Waals surface area contributed by atoms with Crippen molar-refractivity contribution in [1.82, 2.24) is 5.32 Å². The van der Waals surface area contributed by atoms with Gasteiger partial charge in [0, 0.05) is 23.0 Å². The van der Waals surface area contributed by atoms with Crippen LogP contribution in [0.15, 0.2) is 12.1 Å². The minimum Gasteiger partial charge on any atom is -0.493 e. The van der Waals surface area contributed by atoms with Crippen molar-refractivity contribution in [2.24, 2.45) is 0 Å². The second kappa shape index (κ2) is 6.99. The standard InChI is InChI=1S/C17H24ClNO2/c1-2-19-15-3-5-16(6-4-15)21-11-13-10-14(18)9-12-7-8-20-17(12)13/h9-10,15-16,19H,2-8,11H2,1H3. The maximum absolute atomic E-state index is 6.18. The molecule has 2 aliphatic rings. The van der Waals surface area contributed by atoms with E-state index < -0.39 is 0 Å². The molecule has 1 fully saturated rings. The van der Waals surface area contributed by atoms with Crippen molar-refractivity contribution in [1.29, 1.82) is 0 Å². The first-order valence-corrected chi connectivity index (χ1v) is 8.43. The Morgan fingerprint density at radius 2 is 2.10 bits per heavy atom. The largest absolute Gasteiger partial charge is 0.493 e. The topological polar surface area (TPSA) is 30.5 Å². The third kappa shape index (κ3) is 3.71. The van der Waals surface area contributed by atoms with Gasteiger partial charge in [-0.15, -0.1) is 0 Å². The Kier molecular flexibility index (Phi) is 5.04. The van der Waals surface area contributed by atoms with Gasteiger partial charge in [-0.05, 0) is 49.9 Å². The lowest BCUT2D eigenvalue weighted by atomic mass is 9.93. The highest BCUT2D eigenvalue weighted by atomic mass is 35.5. The van der Waals surface area contributed by atoms with Gasteiger partial charge in [0.05, 0.1) is 19.3 Å². The van der Waals surface area contributed by atoms with Crippen LogP contribution in [0.5, 0.6) is 5.75 Å². The van der Waals surface area contributed by atoms with E-state index in [4.69, 9.17) is 21.1 Å². The fourth-order valence-corrected chi connectivity index (χ4v) is 3.65. The summed E-state index contributed by atoms with van der Waals surface area (Å²) in [6.07, 6.45) is 6.03. The first-order valence-electron chi connectivity index (χ1n) is 8.05. The molecule has 1 aliphatic heterocycles. The van der Waals surface area contributed by atoms with Gasteiger partial charge < -0.3 is 14.8 Å². The lowest BCUT2D eigenvalue weighted by Crippen LogP contribution is -2.35. The van der Waals surface area contributed by atoms with Gasteiger partial charge in [0.1, 0.15) is 5.75 Å². The van der Waals surface area contributed by atoms with Crippen molar-refractivity contribution in [3.05, 3.63) is 28.3 Å². The lowest BCUT2D eigenvalue weighted by molar-refractivity contribution is 0.0107. The summed E-state index contributed by atoms with van der Waals surface area (Å²) < 4.78 is 11.8. The molecule has 3 rings (SSSR count). The van der Waals surface area contributed by atoms with E-state index in [0.29, 0.717) is 18.8 Å². The summed E-state index contributed by atoms with van der Waals surface area (Å²) in [5.74, 6) is 1.00. The Balaban J connectivity index is 1.54. The molecule has 21 heavy (non-hydrogen) atoms. The molecule has 3 nitrogen and oxygen atoms in total. The fraction of sp³-hybridized carbons (Fsp3) is 0.647. The predicted molar refractivity (Wildman–Crippen MR) is 85.2 cm³/mol. The Bertz CT molecular complexity index is 484. The number of benzene rings is 1. The second-order valence-corrected chi connectivity index (χ2v) is 6.43. The number of rotatable bonds is 5. The summed E-state index contributed by atoms with van der Waals surface area (Å²) in [4.78, 5) is 0. The van der Waals surface area contributed by atoms with E-state index in [9.17, 15) is 0 Å². The van der Waals surface area contributed by atoms with Crippen LogP contribution in [0, 0.1) is 0 Å². The van der Waals surface area contributed by atoms with Gasteiger partial charge in [-0.25, -0.2) is 0 Å². The number of fused-ring (bicyclic) bond motifs is 1. The average Bonchev–Trinajstić information content (AvgIpc) is 2.94. The highest BCUT2D eigenvalue weighted by molar-refractivity contribution is 6.30. The molecule has 0 amide bonds. The van der Waals surface area contributed by atoms with Gasteiger partial charge in [-0.1, -0.05) is 18.5 Å². The maximum Gasteiger partial charge on any atom is 0.128 e. The zero-order valence-electron chi connectivity index (χ0n) is 12.7.